The van der Waals surface area contributed by atoms with Gasteiger partial charge in [0, 0.05) is 25.8 Å². The molecule has 0 unspecified atom stereocenters. The van der Waals surface area contributed by atoms with Gasteiger partial charge in [-0.15, -0.1) is 24.0 Å². The number of nitrogens with zero attached hydrogens (tertiary/aromatic N) is 1. The molecule has 0 amide bonds. The first kappa shape index (κ1) is 19.8. The second kappa shape index (κ2) is 11.4. The van der Waals surface area contributed by atoms with Crippen molar-refractivity contribution in [2.24, 2.45) is 4.99 Å². The number of phenolic OH excluding ortho intramolecular Hbond substituents is 1. The summed E-state index contributed by atoms with van der Waals surface area (Å²) in [6, 6.07) is 5.36. The number of para-hydroxylation sites is 1. The third kappa shape index (κ3) is 6.85. The van der Waals surface area contributed by atoms with Gasteiger partial charge in [0.1, 0.15) is 0 Å². The Morgan fingerprint density at radius 3 is 2.67 bits per heavy atom. The number of phenols is 1. The molecule has 6 nitrogen and oxygen atoms in total. The van der Waals surface area contributed by atoms with Crippen LogP contribution in [-0.2, 0) is 11.3 Å². The highest BCUT2D eigenvalue weighted by Crippen LogP contribution is 2.29. The first-order valence-corrected chi connectivity index (χ1v) is 6.58. The zero-order valence-electron chi connectivity index (χ0n) is 12.7. The maximum Gasteiger partial charge on any atom is 0.191 e. The molecule has 0 saturated carbocycles. The van der Waals surface area contributed by atoms with Crippen LogP contribution in [0.25, 0.3) is 0 Å². The SMILES string of the molecule is CCNC(=NCc1cccc(OC)c1O)NCCOC.I. The Balaban J connectivity index is 0.00000400. The lowest BCUT2D eigenvalue weighted by molar-refractivity contribution is 0.203. The molecule has 0 spiro atoms. The quantitative estimate of drug-likeness (QED) is 0.277. The zero-order chi connectivity index (χ0) is 14.8. The van der Waals surface area contributed by atoms with E-state index in [1.807, 2.05) is 19.1 Å². The number of guanidine groups is 1. The minimum absolute atomic E-state index is 0. The fraction of sp³-hybridized carbons (Fsp3) is 0.500. The van der Waals surface area contributed by atoms with E-state index in [0.717, 1.165) is 6.54 Å². The predicted molar refractivity (Wildman–Crippen MR) is 94.8 cm³/mol. The number of halogens is 1. The van der Waals surface area contributed by atoms with Crippen LogP contribution in [0.2, 0.25) is 0 Å². The summed E-state index contributed by atoms with van der Waals surface area (Å²) in [7, 11) is 3.18. The van der Waals surface area contributed by atoms with Gasteiger partial charge in [0.15, 0.2) is 17.5 Å². The van der Waals surface area contributed by atoms with Gasteiger partial charge in [-0.2, -0.15) is 0 Å². The van der Waals surface area contributed by atoms with E-state index in [-0.39, 0.29) is 29.7 Å². The van der Waals surface area contributed by atoms with E-state index >= 15 is 0 Å². The predicted octanol–water partition coefficient (Wildman–Crippen LogP) is 1.72. The first-order chi connectivity index (χ1) is 9.72. The van der Waals surface area contributed by atoms with Gasteiger partial charge in [-0.25, -0.2) is 4.99 Å². The van der Waals surface area contributed by atoms with Crippen LogP contribution in [0, 0.1) is 0 Å². The van der Waals surface area contributed by atoms with Crippen molar-refractivity contribution in [2.45, 2.75) is 13.5 Å². The van der Waals surface area contributed by atoms with E-state index in [0.29, 0.717) is 37.0 Å². The molecule has 0 atom stereocenters. The van der Waals surface area contributed by atoms with Crippen molar-refractivity contribution in [3.05, 3.63) is 23.8 Å². The molecule has 21 heavy (non-hydrogen) atoms. The summed E-state index contributed by atoms with van der Waals surface area (Å²) in [5.74, 6) is 1.27. The Labute approximate surface area is 143 Å². The molecular formula is C14H24IN3O3. The fourth-order valence-electron chi connectivity index (χ4n) is 1.64. The largest absolute Gasteiger partial charge is 0.504 e. The number of aromatic hydroxyl groups is 1. The molecule has 120 valence electrons. The number of hydrogen-bond acceptors (Lipinski definition) is 4. The molecule has 0 aliphatic rings. The molecule has 7 heteroatoms. The van der Waals surface area contributed by atoms with Gasteiger partial charge in [-0.05, 0) is 13.0 Å². The third-order valence-corrected chi connectivity index (χ3v) is 2.65. The van der Waals surface area contributed by atoms with Crippen molar-refractivity contribution in [3.8, 4) is 11.5 Å². The molecule has 3 N–H and O–H groups in total. The molecule has 0 aromatic heterocycles. The number of hydrogen-bond donors (Lipinski definition) is 3. The molecule has 0 aliphatic carbocycles. The number of benzene rings is 1. The maximum atomic E-state index is 9.99. The molecule has 1 aromatic rings. The fourth-order valence-corrected chi connectivity index (χ4v) is 1.64. The van der Waals surface area contributed by atoms with Gasteiger partial charge >= 0.3 is 0 Å². The smallest absolute Gasteiger partial charge is 0.191 e. The van der Waals surface area contributed by atoms with Crippen molar-refractivity contribution < 1.29 is 14.6 Å². The molecule has 0 heterocycles. The highest BCUT2D eigenvalue weighted by atomic mass is 127. The summed E-state index contributed by atoms with van der Waals surface area (Å²) in [5.41, 5.74) is 0.716. The molecule has 0 aliphatic heterocycles. The molecule has 0 fully saturated rings. The molecule has 0 radical (unpaired) electrons. The van der Waals surface area contributed by atoms with Crippen LogP contribution in [0.4, 0.5) is 0 Å². The summed E-state index contributed by atoms with van der Waals surface area (Å²) >= 11 is 0. The van der Waals surface area contributed by atoms with Crippen molar-refractivity contribution in [1.82, 2.24) is 10.6 Å². The van der Waals surface area contributed by atoms with Crippen LogP contribution in [0.5, 0.6) is 11.5 Å². The molecular weight excluding hydrogens is 385 g/mol. The lowest BCUT2D eigenvalue weighted by Crippen LogP contribution is -2.38. The average Bonchev–Trinajstić information content (AvgIpc) is 2.46. The summed E-state index contributed by atoms with van der Waals surface area (Å²) in [6.07, 6.45) is 0. The van der Waals surface area contributed by atoms with Crippen LogP contribution in [-0.4, -0.2) is 45.0 Å². The third-order valence-electron chi connectivity index (χ3n) is 2.65. The van der Waals surface area contributed by atoms with Gasteiger partial charge in [-0.3, -0.25) is 0 Å². The summed E-state index contributed by atoms with van der Waals surface area (Å²) in [6.45, 7) is 4.41. The van der Waals surface area contributed by atoms with Crippen molar-refractivity contribution >= 4 is 29.9 Å². The van der Waals surface area contributed by atoms with Gasteiger partial charge in [0.2, 0.25) is 0 Å². The van der Waals surface area contributed by atoms with Crippen LogP contribution in [0.3, 0.4) is 0 Å². The Morgan fingerprint density at radius 1 is 1.29 bits per heavy atom. The standard InChI is InChI=1S/C14H23N3O3.HI/c1-4-15-14(16-8-9-19-2)17-10-11-6-5-7-12(20-3)13(11)18;/h5-7,18H,4,8-10H2,1-3H3,(H2,15,16,17);1H. The van der Waals surface area contributed by atoms with E-state index < -0.39 is 0 Å². The maximum absolute atomic E-state index is 9.99. The second-order valence-electron chi connectivity index (χ2n) is 4.08. The highest BCUT2D eigenvalue weighted by Gasteiger charge is 2.06. The number of methoxy groups -OCH3 is 2. The minimum atomic E-state index is 0. The van der Waals surface area contributed by atoms with Crippen LogP contribution >= 0.6 is 24.0 Å². The van der Waals surface area contributed by atoms with Crippen LogP contribution in [0.15, 0.2) is 23.2 Å². The monoisotopic (exact) mass is 409 g/mol. The first-order valence-electron chi connectivity index (χ1n) is 6.58. The topological polar surface area (TPSA) is 75.1 Å². The van der Waals surface area contributed by atoms with Gasteiger partial charge in [0.25, 0.3) is 0 Å². The van der Waals surface area contributed by atoms with Crippen LogP contribution < -0.4 is 15.4 Å². The Kier molecular flexibility index (Phi) is 10.8. The average molecular weight is 409 g/mol. The van der Waals surface area contributed by atoms with Crippen molar-refractivity contribution in [3.63, 3.8) is 0 Å². The summed E-state index contributed by atoms with van der Waals surface area (Å²) in [4.78, 5) is 4.42. The molecule has 1 rings (SSSR count). The van der Waals surface area contributed by atoms with E-state index in [2.05, 4.69) is 15.6 Å². The van der Waals surface area contributed by atoms with E-state index in [1.54, 1.807) is 13.2 Å². The van der Waals surface area contributed by atoms with Crippen LogP contribution in [0.1, 0.15) is 12.5 Å². The van der Waals surface area contributed by atoms with E-state index in [4.69, 9.17) is 9.47 Å². The normalized spacial score (nSPS) is 10.7. The van der Waals surface area contributed by atoms with Gasteiger partial charge in [0.05, 0.1) is 20.3 Å². The number of nitrogens with one attached hydrogen (secondary N) is 2. The lowest BCUT2D eigenvalue weighted by atomic mass is 10.2. The highest BCUT2D eigenvalue weighted by molar-refractivity contribution is 14.0. The molecule has 1 aromatic carbocycles. The number of ether oxygens (including phenoxy) is 2. The number of rotatable bonds is 7. The van der Waals surface area contributed by atoms with E-state index in [1.165, 1.54) is 7.11 Å². The summed E-state index contributed by atoms with van der Waals surface area (Å²) < 4.78 is 10.1. The molecule has 0 bridgehead atoms. The van der Waals surface area contributed by atoms with Gasteiger partial charge < -0.3 is 25.2 Å². The van der Waals surface area contributed by atoms with Crippen molar-refractivity contribution in [2.75, 3.05) is 33.9 Å². The Morgan fingerprint density at radius 2 is 2.05 bits per heavy atom. The number of aliphatic imine (C=N–C) groups is 1. The zero-order valence-corrected chi connectivity index (χ0v) is 15.0. The van der Waals surface area contributed by atoms with Crippen molar-refractivity contribution in [1.29, 1.82) is 0 Å². The second-order valence-corrected chi connectivity index (χ2v) is 4.08. The lowest BCUT2D eigenvalue weighted by Gasteiger charge is -2.11. The minimum Gasteiger partial charge on any atom is -0.504 e. The Hall–Kier alpha value is -1.22. The Bertz CT molecular complexity index is 441. The molecule has 0 saturated heterocycles. The van der Waals surface area contributed by atoms with E-state index in [9.17, 15) is 5.11 Å². The van der Waals surface area contributed by atoms with Gasteiger partial charge in [-0.1, -0.05) is 12.1 Å². The summed E-state index contributed by atoms with van der Waals surface area (Å²) in [5, 5.41) is 16.3.